The molecule has 1 heterocycles. The summed E-state index contributed by atoms with van der Waals surface area (Å²) in [6.45, 7) is 5.97. The van der Waals surface area contributed by atoms with E-state index in [1.807, 2.05) is 6.92 Å². The second-order valence-electron chi connectivity index (χ2n) is 7.80. The summed E-state index contributed by atoms with van der Waals surface area (Å²) in [5, 5.41) is 3.16. The van der Waals surface area contributed by atoms with Crippen LogP contribution in [-0.4, -0.2) is 72.3 Å². The highest BCUT2D eigenvalue weighted by Gasteiger charge is 2.29. The minimum atomic E-state index is -4.05. The Balaban J connectivity index is 1.76. The van der Waals surface area contributed by atoms with Crippen molar-refractivity contribution in [3.05, 3.63) is 53.1 Å². The normalized spacial score (nSPS) is 14.6. The summed E-state index contributed by atoms with van der Waals surface area (Å²) in [5.74, 6) is -0.107. The van der Waals surface area contributed by atoms with E-state index >= 15 is 0 Å². The smallest absolute Gasteiger partial charge is 0.264 e. The van der Waals surface area contributed by atoms with Gasteiger partial charge in [-0.05, 0) is 50.2 Å². The SMILES string of the molecule is COc1ccc(Cl)cc1N(CC(=O)NCCCN1CCOCC1)S(=O)(=O)c1ccc(C)cc1. The molecule has 1 fully saturated rings. The van der Waals surface area contributed by atoms with Crippen LogP contribution in [0.25, 0.3) is 0 Å². The van der Waals surface area contributed by atoms with Gasteiger partial charge in [-0.15, -0.1) is 0 Å². The first-order valence-electron chi connectivity index (χ1n) is 10.8. The summed E-state index contributed by atoms with van der Waals surface area (Å²) < 4.78 is 38.8. The van der Waals surface area contributed by atoms with Crippen molar-refractivity contribution in [2.24, 2.45) is 0 Å². The molecule has 1 N–H and O–H groups in total. The highest BCUT2D eigenvalue weighted by atomic mass is 35.5. The second-order valence-corrected chi connectivity index (χ2v) is 10.1. The van der Waals surface area contributed by atoms with E-state index in [9.17, 15) is 13.2 Å². The summed E-state index contributed by atoms with van der Waals surface area (Å²) in [6, 6.07) is 11.1. The van der Waals surface area contributed by atoms with E-state index < -0.39 is 22.5 Å². The number of carbonyl (C=O) groups excluding carboxylic acids is 1. The molecule has 2 aromatic rings. The average molecular weight is 496 g/mol. The van der Waals surface area contributed by atoms with Crippen LogP contribution < -0.4 is 14.4 Å². The average Bonchev–Trinajstić information content (AvgIpc) is 2.81. The Morgan fingerprint density at radius 1 is 1.18 bits per heavy atom. The lowest BCUT2D eigenvalue weighted by atomic mass is 10.2. The number of halogens is 1. The maximum Gasteiger partial charge on any atom is 0.264 e. The van der Waals surface area contributed by atoms with Crippen molar-refractivity contribution < 1.29 is 22.7 Å². The van der Waals surface area contributed by atoms with E-state index in [0.29, 0.717) is 17.3 Å². The van der Waals surface area contributed by atoms with Gasteiger partial charge in [0.05, 0.1) is 30.9 Å². The zero-order valence-electron chi connectivity index (χ0n) is 18.9. The third kappa shape index (κ3) is 6.83. The summed E-state index contributed by atoms with van der Waals surface area (Å²) >= 11 is 6.16. The number of hydrogen-bond acceptors (Lipinski definition) is 6. The monoisotopic (exact) mass is 495 g/mol. The van der Waals surface area contributed by atoms with Gasteiger partial charge in [-0.25, -0.2) is 8.42 Å². The zero-order valence-corrected chi connectivity index (χ0v) is 20.5. The quantitative estimate of drug-likeness (QED) is 0.510. The Morgan fingerprint density at radius 2 is 1.88 bits per heavy atom. The molecule has 0 atom stereocenters. The fourth-order valence-electron chi connectivity index (χ4n) is 3.54. The first kappa shape index (κ1) is 25.3. The molecule has 33 heavy (non-hydrogen) atoms. The highest BCUT2D eigenvalue weighted by molar-refractivity contribution is 7.92. The summed E-state index contributed by atoms with van der Waals surface area (Å²) in [5.41, 5.74) is 1.13. The minimum absolute atomic E-state index is 0.0789. The van der Waals surface area contributed by atoms with Gasteiger partial charge in [0.25, 0.3) is 10.0 Å². The molecule has 0 unspecified atom stereocenters. The summed E-state index contributed by atoms with van der Waals surface area (Å²) in [4.78, 5) is 15.1. The topological polar surface area (TPSA) is 88.2 Å². The maximum atomic E-state index is 13.5. The summed E-state index contributed by atoms with van der Waals surface area (Å²) in [7, 11) is -2.61. The predicted octanol–water partition coefficient (Wildman–Crippen LogP) is 2.69. The molecule has 10 heteroatoms. The number of nitrogens with zero attached hydrogens (tertiary/aromatic N) is 2. The van der Waals surface area contributed by atoms with Crippen molar-refractivity contribution >= 4 is 33.2 Å². The van der Waals surface area contributed by atoms with Crippen LogP contribution in [0.2, 0.25) is 5.02 Å². The fourth-order valence-corrected chi connectivity index (χ4v) is 5.13. The van der Waals surface area contributed by atoms with E-state index in [0.717, 1.165) is 49.1 Å². The second kappa shape index (κ2) is 11.7. The van der Waals surface area contributed by atoms with Crippen LogP contribution in [0.15, 0.2) is 47.4 Å². The van der Waals surface area contributed by atoms with Gasteiger partial charge in [-0.2, -0.15) is 0 Å². The van der Waals surface area contributed by atoms with Gasteiger partial charge in [0, 0.05) is 24.7 Å². The van der Waals surface area contributed by atoms with E-state index in [1.165, 1.54) is 25.3 Å². The Labute approximate surface area is 200 Å². The molecule has 3 rings (SSSR count). The third-order valence-corrected chi connectivity index (χ3v) is 7.39. The van der Waals surface area contributed by atoms with Crippen LogP contribution >= 0.6 is 11.6 Å². The van der Waals surface area contributed by atoms with Gasteiger partial charge >= 0.3 is 0 Å². The number of anilines is 1. The minimum Gasteiger partial charge on any atom is -0.495 e. The van der Waals surface area contributed by atoms with Crippen molar-refractivity contribution in [1.82, 2.24) is 10.2 Å². The molecular formula is C23H30ClN3O5S. The van der Waals surface area contributed by atoms with E-state index in [4.69, 9.17) is 21.1 Å². The van der Waals surface area contributed by atoms with Crippen molar-refractivity contribution in [2.75, 3.05) is 57.4 Å². The maximum absolute atomic E-state index is 13.5. The molecule has 180 valence electrons. The van der Waals surface area contributed by atoms with Crippen LogP contribution in [-0.2, 0) is 19.6 Å². The van der Waals surface area contributed by atoms with E-state index in [-0.39, 0.29) is 10.6 Å². The molecule has 1 amide bonds. The van der Waals surface area contributed by atoms with E-state index in [1.54, 1.807) is 24.3 Å². The number of rotatable bonds is 10. The predicted molar refractivity (Wildman–Crippen MR) is 129 cm³/mol. The fraction of sp³-hybridized carbons (Fsp3) is 0.435. The number of carbonyl (C=O) groups is 1. The lowest BCUT2D eigenvalue weighted by Gasteiger charge is -2.27. The van der Waals surface area contributed by atoms with Crippen LogP contribution in [0.5, 0.6) is 5.75 Å². The number of nitrogens with one attached hydrogen (secondary N) is 1. The van der Waals surface area contributed by atoms with Gasteiger partial charge in [-0.1, -0.05) is 29.3 Å². The first-order chi connectivity index (χ1) is 15.8. The zero-order chi connectivity index (χ0) is 23.8. The molecule has 2 aromatic carbocycles. The molecule has 0 saturated carbocycles. The third-order valence-electron chi connectivity index (χ3n) is 5.38. The Bertz CT molecular complexity index is 1040. The molecule has 1 saturated heterocycles. The molecule has 8 nitrogen and oxygen atoms in total. The lowest BCUT2D eigenvalue weighted by Crippen LogP contribution is -2.42. The number of benzene rings is 2. The molecule has 0 aliphatic carbocycles. The van der Waals surface area contributed by atoms with Crippen molar-refractivity contribution in [2.45, 2.75) is 18.2 Å². The molecule has 1 aliphatic rings. The van der Waals surface area contributed by atoms with Crippen LogP contribution in [0, 0.1) is 6.92 Å². The summed E-state index contributed by atoms with van der Waals surface area (Å²) in [6.07, 6.45) is 0.761. The van der Waals surface area contributed by atoms with Crippen molar-refractivity contribution in [1.29, 1.82) is 0 Å². The van der Waals surface area contributed by atoms with Gasteiger partial charge in [0.15, 0.2) is 0 Å². The molecular weight excluding hydrogens is 466 g/mol. The Kier molecular flexibility index (Phi) is 8.96. The first-order valence-corrected chi connectivity index (χ1v) is 12.6. The van der Waals surface area contributed by atoms with Gasteiger partial charge in [0.1, 0.15) is 12.3 Å². The molecule has 0 bridgehead atoms. The Hall–Kier alpha value is -2.33. The Morgan fingerprint density at radius 3 is 2.55 bits per heavy atom. The number of hydrogen-bond donors (Lipinski definition) is 1. The number of sulfonamides is 1. The van der Waals surface area contributed by atoms with Crippen LogP contribution in [0.1, 0.15) is 12.0 Å². The molecule has 0 aromatic heterocycles. The van der Waals surface area contributed by atoms with Gasteiger partial charge in [0.2, 0.25) is 5.91 Å². The van der Waals surface area contributed by atoms with Crippen molar-refractivity contribution in [3.63, 3.8) is 0 Å². The van der Waals surface area contributed by atoms with Gasteiger partial charge in [-0.3, -0.25) is 14.0 Å². The van der Waals surface area contributed by atoms with Crippen molar-refractivity contribution in [3.8, 4) is 5.75 Å². The molecule has 0 radical (unpaired) electrons. The number of methoxy groups -OCH3 is 1. The number of amides is 1. The van der Waals surface area contributed by atoms with Crippen LogP contribution in [0.3, 0.4) is 0 Å². The van der Waals surface area contributed by atoms with Crippen LogP contribution in [0.4, 0.5) is 5.69 Å². The lowest BCUT2D eigenvalue weighted by molar-refractivity contribution is -0.119. The molecule has 0 spiro atoms. The van der Waals surface area contributed by atoms with E-state index in [2.05, 4.69) is 10.2 Å². The van der Waals surface area contributed by atoms with Gasteiger partial charge < -0.3 is 14.8 Å². The standard InChI is InChI=1S/C23H30ClN3O5S/c1-18-4-7-20(8-5-18)33(29,30)27(21-16-19(24)6-9-22(21)31-2)17-23(28)25-10-3-11-26-12-14-32-15-13-26/h4-9,16H,3,10-15,17H2,1-2H3,(H,25,28). The number of ether oxygens (including phenoxy) is 2. The highest BCUT2D eigenvalue weighted by Crippen LogP contribution is 2.34. The largest absolute Gasteiger partial charge is 0.495 e. The number of morpholine rings is 1. The molecule has 1 aliphatic heterocycles. The number of aryl methyl sites for hydroxylation is 1.